The fourth-order valence-electron chi connectivity index (χ4n) is 4.31. The van der Waals surface area contributed by atoms with Gasteiger partial charge in [0, 0.05) is 23.4 Å². The highest BCUT2D eigenvalue weighted by molar-refractivity contribution is 6.00. The number of carbonyl (C=O) groups excluding carboxylic acids is 3. The molecule has 2 atom stereocenters. The smallest absolute Gasteiger partial charge is 0.248 e. The fourth-order valence-corrected chi connectivity index (χ4v) is 4.31. The van der Waals surface area contributed by atoms with E-state index >= 15 is 0 Å². The molecule has 7 heteroatoms. The van der Waals surface area contributed by atoms with E-state index in [9.17, 15) is 14.4 Å². The van der Waals surface area contributed by atoms with Crippen molar-refractivity contribution in [3.63, 3.8) is 0 Å². The third-order valence-electron chi connectivity index (χ3n) is 6.14. The maximum Gasteiger partial charge on any atom is 0.248 e. The van der Waals surface area contributed by atoms with Gasteiger partial charge in [-0.25, -0.2) is 0 Å². The van der Waals surface area contributed by atoms with E-state index < -0.39 is 17.9 Å². The molecule has 1 aliphatic rings. The summed E-state index contributed by atoms with van der Waals surface area (Å²) < 4.78 is 5.29. The first-order valence-electron chi connectivity index (χ1n) is 11.1. The van der Waals surface area contributed by atoms with E-state index in [0.29, 0.717) is 23.4 Å². The Balaban J connectivity index is 1.69. The SMILES string of the molecule is COc1ccc([C@@H]2[C@H](C(=O)Nc3ccc(C(N)=O)cc3)CCC(=O)N2c2ccc(C)cc2)cc1. The summed E-state index contributed by atoms with van der Waals surface area (Å²) in [7, 11) is 1.59. The Hall–Kier alpha value is -4.13. The van der Waals surface area contributed by atoms with Crippen LogP contribution < -0.4 is 20.7 Å². The molecule has 1 heterocycles. The molecule has 3 N–H and O–H groups in total. The van der Waals surface area contributed by atoms with Crippen LogP contribution in [0, 0.1) is 12.8 Å². The lowest BCUT2D eigenvalue weighted by atomic mass is 9.83. The van der Waals surface area contributed by atoms with Crippen LogP contribution in [-0.4, -0.2) is 24.8 Å². The number of benzene rings is 3. The van der Waals surface area contributed by atoms with Crippen molar-refractivity contribution in [1.29, 1.82) is 0 Å². The second-order valence-corrected chi connectivity index (χ2v) is 8.39. The van der Waals surface area contributed by atoms with Crippen LogP contribution in [0.5, 0.6) is 5.75 Å². The first kappa shape index (κ1) is 23.0. The Morgan fingerprint density at radius 3 is 2.21 bits per heavy atom. The van der Waals surface area contributed by atoms with E-state index in [1.54, 1.807) is 36.3 Å². The number of carbonyl (C=O) groups is 3. The van der Waals surface area contributed by atoms with E-state index in [4.69, 9.17) is 10.5 Å². The quantitative estimate of drug-likeness (QED) is 0.578. The number of anilines is 2. The zero-order valence-corrected chi connectivity index (χ0v) is 19.2. The number of hydrogen-bond donors (Lipinski definition) is 2. The number of aryl methyl sites for hydroxylation is 1. The number of nitrogens with zero attached hydrogens (tertiary/aromatic N) is 1. The van der Waals surface area contributed by atoms with Crippen molar-refractivity contribution >= 4 is 29.1 Å². The van der Waals surface area contributed by atoms with E-state index in [1.165, 1.54) is 0 Å². The molecule has 1 fully saturated rings. The number of rotatable bonds is 6. The van der Waals surface area contributed by atoms with Gasteiger partial charge in [-0.1, -0.05) is 29.8 Å². The van der Waals surface area contributed by atoms with Crippen molar-refractivity contribution in [3.05, 3.63) is 89.5 Å². The summed E-state index contributed by atoms with van der Waals surface area (Å²) in [5.41, 5.74) is 8.91. The molecular weight excluding hydrogens is 430 g/mol. The highest BCUT2D eigenvalue weighted by atomic mass is 16.5. The summed E-state index contributed by atoms with van der Waals surface area (Å²) in [6.45, 7) is 1.99. The Kier molecular flexibility index (Phi) is 6.63. The van der Waals surface area contributed by atoms with Crippen molar-refractivity contribution < 1.29 is 19.1 Å². The predicted molar refractivity (Wildman–Crippen MR) is 131 cm³/mol. The fraction of sp³-hybridized carbons (Fsp3) is 0.222. The van der Waals surface area contributed by atoms with Gasteiger partial charge in [0.2, 0.25) is 17.7 Å². The molecule has 1 aliphatic heterocycles. The van der Waals surface area contributed by atoms with Gasteiger partial charge in [-0.3, -0.25) is 14.4 Å². The van der Waals surface area contributed by atoms with Gasteiger partial charge < -0.3 is 20.7 Å². The third-order valence-corrected chi connectivity index (χ3v) is 6.14. The van der Waals surface area contributed by atoms with Gasteiger partial charge in [0.1, 0.15) is 5.75 Å². The lowest BCUT2D eigenvalue weighted by Gasteiger charge is -2.41. The number of ether oxygens (including phenoxy) is 1. The van der Waals surface area contributed by atoms with Crippen molar-refractivity contribution in [3.8, 4) is 5.75 Å². The molecule has 4 rings (SSSR count). The van der Waals surface area contributed by atoms with Crippen LogP contribution in [0.4, 0.5) is 11.4 Å². The molecule has 34 heavy (non-hydrogen) atoms. The number of amides is 3. The van der Waals surface area contributed by atoms with Crippen LogP contribution in [0.2, 0.25) is 0 Å². The molecule has 0 bridgehead atoms. The molecule has 0 unspecified atom stereocenters. The first-order valence-corrected chi connectivity index (χ1v) is 11.1. The summed E-state index contributed by atoms with van der Waals surface area (Å²) in [5.74, 6) is -0.541. The molecule has 0 aromatic heterocycles. The Morgan fingerprint density at radius 2 is 1.62 bits per heavy atom. The topological polar surface area (TPSA) is 102 Å². The van der Waals surface area contributed by atoms with Crippen molar-refractivity contribution in [1.82, 2.24) is 0 Å². The van der Waals surface area contributed by atoms with Gasteiger partial charge in [0.05, 0.1) is 19.1 Å². The molecule has 0 spiro atoms. The zero-order valence-electron chi connectivity index (χ0n) is 19.2. The summed E-state index contributed by atoms with van der Waals surface area (Å²) in [6.07, 6.45) is 0.683. The van der Waals surface area contributed by atoms with Gasteiger partial charge >= 0.3 is 0 Å². The second kappa shape index (κ2) is 9.79. The average Bonchev–Trinajstić information content (AvgIpc) is 2.85. The minimum absolute atomic E-state index is 0.0282. The monoisotopic (exact) mass is 457 g/mol. The van der Waals surface area contributed by atoms with Gasteiger partial charge in [-0.05, 0) is 67.4 Å². The summed E-state index contributed by atoms with van der Waals surface area (Å²) in [6, 6.07) is 21.1. The number of nitrogens with one attached hydrogen (secondary N) is 1. The summed E-state index contributed by atoms with van der Waals surface area (Å²) >= 11 is 0. The minimum atomic E-state index is -0.531. The van der Waals surface area contributed by atoms with Gasteiger partial charge in [-0.2, -0.15) is 0 Å². The summed E-state index contributed by atoms with van der Waals surface area (Å²) in [4.78, 5) is 39.7. The molecule has 3 aromatic rings. The average molecular weight is 458 g/mol. The van der Waals surface area contributed by atoms with Crippen LogP contribution in [0.1, 0.15) is 40.4 Å². The minimum Gasteiger partial charge on any atom is -0.497 e. The largest absolute Gasteiger partial charge is 0.497 e. The maximum atomic E-state index is 13.5. The summed E-state index contributed by atoms with van der Waals surface area (Å²) in [5, 5.41) is 2.94. The number of primary amides is 1. The third kappa shape index (κ3) is 4.78. The molecule has 0 saturated carbocycles. The standard InChI is InChI=1S/C27H27N3O4/c1-17-3-11-21(12-4-17)30-24(31)16-15-23(25(30)18-7-13-22(34-2)14-8-18)27(33)29-20-9-5-19(6-10-20)26(28)32/h3-14,23,25H,15-16H2,1-2H3,(H2,28,32)(H,29,33)/t23-,25-/m1/s1. The van der Waals surface area contributed by atoms with Crippen molar-refractivity contribution in [2.45, 2.75) is 25.8 Å². The van der Waals surface area contributed by atoms with Gasteiger partial charge in [0.15, 0.2) is 0 Å². The van der Waals surface area contributed by atoms with E-state index in [1.807, 2.05) is 55.5 Å². The van der Waals surface area contributed by atoms with Crippen molar-refractivity contribution in [2.75, 3.05) is 17.3 Å². The molecule has 0 radical (unpaired) electrons. The number of methoxy groups -OCH3 is 1. The van der Waals surface area contributed by atoms with Crippen molar-refractivity contribution in [2.24, 2.45) is 11.7 Å². The number of piperidine rings is 1. The maximum absolute atomic E-state index is 13.5. The number of hydrogen-bond acceptors (Lipinski definition) is 4. The molecule has 1 saturated heterocycles. The predicted octanol–water partition coefficient (Wildman–Crippen LogP) is 4.23. The molecule has 3 amide bonds. The van der Waals surface area contributed by atoms with Crippen LogP contribution in [-0.2, 0) is 9.59 Å². The van der Waals surface area contributed by atoms with Gasteiger partial charge in [0.25, 0.3) is 0 Å². The highest BCUT2D eigenvalue weighted by Crippen LogP contribution is 2.41. The number of nitrogens with two attached hydrogens (primary N) is 1. The van der Waals surface area contributed by atoms with E-state index in [2.05, 4.69) is 5.32 Å². The first-order chi connectivity index (χ1) is 16.4. The Bertz CT molecular complexity index is 1190. The van der Waals surface area contributed by atoms with Crippen LogP contribution >= 0.6 is 0 Å². The molecule has 174 valence electrons. The van der Waals surface area contributed by atoms with E-state index in [0.717, 1.165) is 16.8 Å². The van der Waals surface area contributed by atoms with Crippen LogP contribution in [0.3, 0.4) is 0 Å². The molecule has 3 aromatic carbocycles. The van der Waals surface area contributed by atoms with Gasteiger partial charge in [-0.15, -0.1) is 0 Å². The highest BCUT2D eigenvalue weighted by Gasteiger charge is 2.41. The molecule has 0 aliphatic carbocycles. The Labute approximate surface area is 198 Å². The zero-order chi connectivity index (χ0) is 24.2. The second-order valence-electron chi connectivity index (χ2n) is 8.39. The molecular formula is C27H27N3O4. The van der Waals surface area contributed by atoms with Crippen LogP contribution in [0.15, 0.2) is 72.8 Å². The lowest BCUT2D eigenvalue weighted by molar-refractivity contribution is -0.125. The van der Waals surface area contributed by atoms with Crippen LogP contribution in [0.25, 0.3) is 0 Å². The van der Waals surface area contributed by atoms with E-state index in [-0.39, 0.29) is 18.2 Å². The Morgan fingerprint density at radius 1 is 0.971 bits per heavy atom. The normalized spacial score (nSPS) is 17.8. The molecule has 7 nitrogen and oxygen atoms in total. The lowest BCUT2D eigenvalue weighted by Crippen LogP contribution is -2.47.